The first-order chi connectivity index (χ1) is 13.9. The summed E-state index contributed by atoms with van der Waals surface area (Å²) in [5.74, 6) is 0.189. The molecule has 2 aromatic rings. The zero-order valence-electron chi connectivity index (χ0n) is 16.2. The van der Waals surface area contributed by atoms with Gasteiger partial charge in [-0.15, -0.1) is 0 Å². The number of halogens is 2. The van der Waals surface area contributed by atoms with Crippen LogP contribution in [0.2, 0.25) is 10.0 Å². The third-order valence-corrected chi connectivity index (χ3v) is 4.63. The molecule has 0 saturated heterocycles. The summed E-state index contributed by atoms with van der Waals surface area (Å²) in [5.41, 5.74) is 0.688. The van der Waals surface area contributed by atoms with Crippen LogP contribution in [-0.2, 0) is 4.79 Å². The molecular formula is C21H22Cl2N2O4. The number of para-hydroxylation sites is 1. The molecule has 8 heteroatoms. The average molecular weight is 437 g/mol. The van der Waals surface area contributed by atoms with E-state index in [1.54, 1.807) is 49.4 Å². The molecule has 154 valence electrons. The van der Waals surface area contributed by atoms with Crippen molar-refractivity contribution >= 4 is 40.7 Å². The second-order valence-corrected chi connectivity index (χ2v) is 6.74. The van der Waals surface area contributed by atoms with Crippen LogP contribution in [0.3, 0.4) is 0 Å². The number of carbonyl (C=O) groups excluding carboxylic acids is 2. The maximum absolute atomic E-state index is 12.9. The first-order valence-corrected chi connectivity index (χ1v) is 9.61. The number of hydrogen-bond donors (Lipinski definition) is 1. The third-order valence-electron chi connectivity index (χ3n) is 4.00. The van der Waals surface area contributed by atoms with Crippen LogP contribution >= 0.6 is 23.2 Å². The van der Waals surface area contributed by atoms with Gasteiger partial charge in [-0.25, -0.2) is 0 Å². The number of nitrogens with one attached hydrogen (secondary N) is 1. The van der Waals surface area contributed by atoms with Crippen molar-refractivity contribution in [3.8, 4) is 11.5 Å². The Hall–Kier alpha value is -2.70. The monoisotopic (exact) mass is 436 g/mol. The highest BCUT2D eigenvalue weighted by atomic mass is 35.5. The number of hydrogen-bond acceptors (Lipinski definition) is 4. The number of nitrogens with zero attached hydrogens (tertiary/aromatic N) is 1. The second-order valence-electron chi connectivity index (χ2n) is 5.93. The summed E-state index contributed by atoms with van der Waals surface area (Å²) in [6.07, 6.45) is 1.61. The van der Waals surface area contributed by atoms with Crippen molar-refractivity contribution < 1.29 is 19.1 Å². The zero-order valence-corrected chi connectivity index (χ0v) is 17.7. The molecule has 0 aromatic heterocycles. The fourth-order valence-corrected chi connectivity index (χ4v) is 3.04. The summed E-state index contributed by atoms with van der Waals surface area (Å²) < 4.78 is 10.8. The van der Waals surface area contributed by atoms with Gasteiger partial charge in [-0.2, -0.15) is 0 Å². The SMILES string of the molecule is C=CCOc1ccc(C(=O)N(CC)CC(=O)Nc2c(Cl)cccc2Cl)cc1OC. The van der Waals surface area contributed by atoms with Gasteiger partial charge in [0.05, 0.1) is 22.8 Å². The Labute approximate surface area is 180 Å². The summed E-state index contributed by atoms with van der Waals surface area (Å²) in [5, 5.41) is 3.29. The van der Waals surface area contributed by atoms with E-state index in [0.29, 0.717) is 45.9 Å². The Kier molecular flexibility index (Phi) is 8.36. The van der Waals surface area contributed by atoms with Gasteiger partial charge in [0.25, 0.3) is 5.91 Å². The minimum atomic E-state index is -0.409. The highest BCUT2D eigenvalue weighted by Crippen LogP contribution is 2.30. The Morgan fingerprint density at radius 3 is 2.45 bits per heavy atom. The molecule has 2 rings (SSSR count). The molecule has 0 saturated carbocycles. The van der Waals surface area contributed by atoms with Crippen molar-refractivity contribution in [2.75, 3.05) is 32.1 Å². The van der Waals surface area contributed by atoms with Crippen molar-refractivity contribution in [3.05, 3.63) is 64.7 Å². The quantitative estimate of drug-likeness (QED) is 0.579. The Balaban J connectivity index is 2.13. The molecule has 0 atom stereocenters. The van der Waals surface area contributed by atoms with Gasteiger partial charge in [-0.1, -0.05) is 41.9 Å². The number of ether oxygens (including phenoxy) is 2. The van der Waals surface area contributed by atoms with Crippen molar-refractivity contribution in [2.45, 2.75) is 6.92 Å². The average Bonchev–Trinajstić information content (AvgIpc) is 2.72. The fourth-order valence-electron chi connectivity index (χ4n) is 2.55. The first kappa shape index (κ1) is 22.6. The number of methoxy groups -OCH3 is 1. The first-order valence-electron chi connectivity index (χ1n) is 8.86. The topological polar surface area (TPSA) is 67.9 Å². The van der Waals surface area contributed by atoms with Crippen molar-refractivity contribution in [1.82, 2.24) is 4.90 Å². The summed E-state index contributed by atoms with van der Waals surface area (Å²) in [6.45, 7) is 5.87. The van der Waals surface area contributed by atoms with E-state index in [2.05, 4.69) is 11.9 Å². The van der Waals surface area contributed by atoms with Gasteiger partial charge in [0.2, 0.25) is 5.91 Å². The Bertz CT molecular complexity index is 882. The van der Waals surface area contributed by atoms with Gasteiger partial charge in [0.1, 0.15) is 13.2 Å². The number of benzene rings is 2. The summed E-state index contributed by atoms with van der Waals surface area (Å²) >= 11 is 12.2. The molecule has 0 aliphatic heterocycles. The van der Waals surface area contributed by atoms with Crippen LogP contribution in [0.25, 0.3) is 0 Å². The molecule has 6 nitrogen and oxygen atoms in total. The van der Waals surface area contributed by atoms with E-state index >= 15 is 0 Å². The van der Waals surface area contributed by atoms with Crippen LogP contribution in [-0.4, -0.2) is 43.5 Å². The largest absolute Gasteiger partial charge is 0.493 e. The molecule has 0 heterocycles. The second kappa shape index (κ2) is 10.7. The van der Waals surface area contributed by atoms with E-state index in [1.165, 1.54) is 12.0 Å². The normalized spacial score (nSPS) is 10.2. The zero-order chi connectivity index (χ0) is 21.4. The molecule has 0 spiro atoms. The highest BCUT2D eigenvalue weighted by Gasteiger charge is 2.20. The van der Waals surface area contributed by atoms with Crippen LogP contribution in [0.5, 0.6) is 11.5 Å². The lowest BCUT2D eigenvalue weighted by atomic mass is 10.1. The van der Waals surface area contributed by atoms with Crippen LogP contribution in [0.1, 0.15) is 17.3 Å². The Morgan fingerprint density at radius 2 is 1.86 bits per heavy atom. The smallest absolute Gasteiger partial charge is 0.254 e. The molecule has 0 bridgehead atoms. The minimum absolute atomic E-state index is 0.159. The van der Waals surface area contributed by atoms with Gasteiger partial charge < -0.3 is 19.7 Å². The molecule has 2 aromatic carbocycles. The van der Waals surface area contributed by atoms with Crippen LogP contribution in [0.15, 0.2) is 49.1 Å². The maximum Gasteiger partial charge on any atom is 0.254 e. The number of rotatable bonds is 9. The standard InChI is InChI=1S/C21H22Cl2N2O4/c1-4-11-29-17-10-9-14(12-18(17)28-3)21(27)25(5-2)13-19(26)24-20-15(22)7-6-8-16(20)23/h4,6-10,12H,1,5,11,13H2,2-3H3,(H,24,26). The van der Waals surface area contributed by atoms with Crippen LogP contribution < -0.4 is 14.8 Å². The lowest BCUT2D eigenvalue weighted by Crippen LogP contribution is -2.38. The fraction of sp³-hybridized carbons (Fsp3) is 0.238. The molecule has 0 unspecified atom stereocenters. The minimum Gasteiger partial charge on any atom is -0.493 e. The molecule has 0 aliphatic rings. The van der Waals surface area contributed by atoms with Crippen LogP contribution in [0.4, 0.5) is 5.69 Å². The lowest BCUT2D eigenvalue weighted by Gasteiger charge is -2.21. The van der Waals surface area contributed by atoms with Crippen molar-refractivity contribution in [2.24, 2.45) is 0 Å². The highest BCUT2D eigenvalue weighted by molar-refractivity contribution is 6.39. The molecule has 0 fully saturated rings. The summed E-state index contributed by atoms with van der Waals surface area (Å²) in [7, 11) is 1.49. The van der Waals surface area contributed by atoms with E-state index in [1.807, 2.05) is 0 Å². The van der Waals surface area contributed by atoms with E-state index in [0.717, 1.165) is 0 Å². The molecule has 0 aliphatic carbocycles. The van der Waals surface area contributed by atoms with Gasteiger partial charge in [-0.3, -0.25) is 9.59 Å². The van der Waals surface area contributed by atoms with Crippen molar-refractivity contribution in [1.29, 1.82) is 0 Å². The molecule has 1 N–H and O–H groups in total. The van der Waals surface area contributed by atoms with E-state index < -0.39 is 5.91 Å². The number of likely N-dealkylation sites (N-methyl/N-ethyl adjacent to an activating group) is 1. The van der Waals surface area contributed by atoms with E-state index in [4.69, 9.17) is 32.7 Å². The van der Waals surface area contributed by atoms with Crippen molar-refractivity contribution in [3.63, 3.8) is 0 Å². The number of anilines is 1. The number of carbonyl (C=O) groups is 2. The van der Waals surface area contributed by atoms with E-state index in [-0.39, 0.29) is 12.5 Å². The van der Waals surface area contributed by atoms with Crippen LogP contribution in [0, 0.1) is 0 Å². The molecule has 0 radical (unpaired) electrons. The third kappa shape index (κ3) is 5.89. The predicted molar refractivity (Wildman–Crippen MR) is 115 cm³/mol. The van der Waals surface area contributed by atoms with Gasteiger partial charge in [0, 0.05) is 12.1 Å². The Morgan fingerprint density at radius 1 is 1.17 bits per heavy atom. The number of amides is 2. The predicted octanol–water partition coefficient (Wildman–Crippen LogP) is 4.67. The summed E-state index contributed by atoms with van der Waals surface area (Å²) in [4.78, 5) is 26.7. The molecule has 2 amide bonds. The summed E-state index contributed by atoms with van der Waals surface area (Å²) in [6, 6.07) is 9.76. The van der Waals surface area contributed by atoms with Gasteiger partial charge in [-0.05, 0) is 37.3 Å². The molecule has 29 heavy (non-hydrogen) atoms. The van der Waals surface area contributed by atoms with Gasteiger partial charge in [0.15, 0.2) is 11.5 Å². The van der Waals surface area contributed by atoms with Gasteiger partial charge >= 0.3 is 0 Å². The van der Waals surface area contributed by atoms with E-state index in [9.17, 15) is 9.59 Å². The maximum atomic E-state index is 12.9. The lowest BCUT2D eigenvalue weighted by molar-refractivity contribution is -0.116. The molecular weight excluding hydrogens is 415 g/mol.